The van der Waals surface area contributed by atoms with Gasteiger partial charge in [-0.15, -0.1) is 0 Å². The lowest BCUT2D eigenvalue weighted by Gasteiger charge is -2.34. The number of para-hydroxylation sites is 1. The van der Waals surface area contributed by atoms with Gasteiger partial charge in [-0.05, 0) is 49.2 Å². The Morgan fingerprint density at radius 2 is 1.91 bits per heavy atom. The van der Waals surface area contributed by atoms with Gasteiger partial charge in [-0.25, -0.2) is 4.39 Å². The van der Waals surface area contributed by atoms with Crippen LogP contribution in [0.25, 0.3) is 16.9 Å². The van der Waals surface area contributed by atoms with Gasteiger partial charge < -0.3 is 14.2 Å². The van der Waals surface area contributed by atoms with Gasteiger partial charge in [-0.2, -0.15) is 5.26 Å². The molecule has 0 N–H and O–H groups in total. The summed E-state index contributed by atoms with van der Waals surface area (Å²) in [7, 11) is 0. The summed E-state index contributed by atoms with van der Waals surface area (Å²) in [6.45, 7) is 5.98. The molecule has 0 aliphatic carbocycles. The fourth-order valence-electron chi connectivity index (χ4n) is 5.04. The number of benzene rings is 2. The highest BCUT2D eigenvalue weighted by molar-refractivity contribution is 5.78. The Morgan fingerprint density at radius 3 is 2.69 bits per heavy atom. The maximum atomic E-state index is 15.2. The molecule has 1 saturated heterocycles. The van der Waals surface area contributed by atoms with Crippen LogP contribution in [0.3, 0.4) is 0 Å². The van der Waals surface area contributed by atoms with Crippen LogP contribution in [0.1, 0.15) is 29.7 Å². The number of carbonyl (C=O) groups excluding carboxylic acids is 1. The molecule has 3 aromatic rings. The minimum atomic E-state index is -0.284. The number of aromatic nitrogens is 1. The molecule has 2 aliphatic heterocycles. The van der Waals surface area contributed by atoms with Crippen molar-refractivity contribution in [3.63, 3.8) is 0 Å². The molecule has 5 rings (SSSR count). The van der Waals surface area contributed by atoms with Crippen LogP contribution in [0.2, 0.25) is 0 Å². The number of amides is 1. The van der Waals surface area contributed by atoms with Crippen molar-refractivity contribution < 1.29 is 13.9 Å². The minimum absolute atomic E-state index is 0.108. The largest absolute Gasteiger partial charge is 0.488 e. The molecule has 7 heteroatoms. The summed E-state index contributed by atoms with van der Waals surface area (Å²) in [5.41, 5.74) is 5.11. The van der Waals surface area contributed by atoms with E-state index in [1.807, 2.05) is 52.8 Å². The van der Waals surface area contributed by atoms with E-state index in [1.165, 1.54) is 0 Å². The van der Waals surface area contributed by atoms with Gasteiger partial charge >= 0.3 is 0 Å². The maximum absolute atomic E-state index is 15.2. The number of ether oxygens (including phenoxy) is 1. The number of hydrogen-bond donors (Lipinski definition) is 0. The average Bonchev–Trinajstić information content (AvgIpc) is 3.25. The highest BCUT2D eigenvalue weighted by Gasteiger charge is 2.27. The first-order chi connectivity index (χ1) is 17.0. The number of fused-ring (bicyclic) bond motifs is 3. The molecule has 35 heavy (non-hydrogen) atoms. The monoisotopic (exact) mass is 472 g/mol. The molecule has 0 radical (unpaired) electrons. The highest BCUT2D eigenvalue weighted by Crippen LogP contribution is 2.41. The van der Waals surface area contributed by atoms with Gasteiger partial charge in [0.2, 0.25) is 5.91 Å². The zero-order chi connectivity index (χ0) is 24.4. The summed E-state index contributed by atoms with van der Waals surface area (Å²) in [6.07, 6.45) is 1.38. The van der Waals surface area contributed by atoms with Crippen LogP contribution in [0, 0.1) is 24.1 Å². The molecule has 6 nitrogen and oxygen atoms in total. The van der Waals surface area contributed by atoms with Gasteiger partial charge in [0, 0.05) is 62.4 Å². The van der Waals surface area contributed by atoms with E-state index in [4.69, 9.17) is 10.00 Å². The molecule has 0 atom stereocenters. The third kappa shape index (κ3) is 4.67. The van der Waals surface area contributed by atoms with Crippen molar-refractivity contribution >= 4 is 5.91 Å². The predicted octanol–water partition coefficient (Wildman–Crippen LogP) is 4.47. The number of nitrogens with zero attached hydrogens (tertiary/aromatic N) is 4. The average molecular weight is 473 g/mol. The lowest BCUT2D eigenvalue weighted by Crippen LogP contribution is -2.48. The molecule has 1 fully saturated rings. The molecule has 0 spiro atoms. The van der Waals surface area contributed by atoms with E-state index < -0.39 is 0 Å². The quantitative estimate of drug-likeness (QED) is 0.531. The molecule has 3 heterocycles. The minimum Gasteiger partial charge on any atom is -0.488 e. The van der Waals surface area contributed by atoms with Crippen LogP contribution in [-0.4, -0.2) is 53.0 Å². The van der Waals surface area contributed by atoms with Crippen molar-refractivity contribution in [1.29, 1.82) is 5.26 Å². The molecule has 180 valence electrons. The van der Waals surface area contributed by atoms with Crippen molar-refractivity contribution in [2.45, 2.75) is 32.8 Å². The summed E-state index contributed by atoms with van der Waals surface area (Å²) in [5, 5.41) is 8.79. The maximum Gasteiger partial charge on any atom is 0.223 e. The van der Waals surface area contributed by atoms with Crippen molar-refractivity contribution in [1.82, 2.24) is 14.4 Å². The first kappa shape index (κ1) is 23.1. The smallest absolute Gasteiger partial charge is 0.223 e. The van der Waals surface area contributed by atoms with Crippen LogP contribution >= 0.6 is 0 Å². The summed E-state index contributed by atoms with van der Waals surface area (Å²) >= 11 is 0. The normalized spacial score (nSPS) is 15.2. The molecule has 2 aromatic carbocycles. The molecule has 0 bridgehead atoms. The van der Waals surface area contributed by atoms with Gasteiger partial charge in [0.15, 0.2) is 0 Å². The first-order valence-corrected chi connectivity index (χ1v) is 12.1. The number of aryl methyl sites for hydroxylation is 2. The molecule has 0 unspecified atom stereocenters. The number of nitriles is 1. The number of piperazine rings is 1. The number of carbonyl (C=O) groups is 1. The lowest BCUT2D eigenvalue weighted by atomic mass is 10.0. The molecule has 0 saturated carbocycles. The van der Waals surface area contributed by atoms with Crippen LogP contribution in [0.4, 0.5) is 4.39 Å². The topological polar surface area (TPSA) is 61.5 Å². The van der Waals surface area contributed by atoms with Crippen molar-refractivity contribution in [2.75, 3.05) is 32.7 Å². The summed E-state index contributed by atoms with van der Waals surface area (Å²) in [4.78, 5) is 17.2. The zero-order valence-electron chi connectivity index (χ0n) is 20.0. The van der Waals surface area contributed by atoms with E-state index in [-0.39, 0.29) is 11.7 Å². The molecule has 1 aromatic heterocycles. The second-order valence-electron chi connectivity index (χ2n) is 9.22. The SMILES string of the molecule is Cc1ccc(-n2c(CCC(=O)N3CCN(CCC#N)CC3)cc3c2-c2ccccc2OC3)c(F)c1. The van der Waals surface area contributed by atoms with Crippen LogP contribution in [0.15, 0.2) is 48.5 Å². The summed E-state index contributed by atoms with van der Waals surface area (Å²) in [6, 6.07) is 17.3. The Hall–Kier alpha value is -3.63. The van der Waals surface area contributed by atoms with Crippen molar-refractivity contribution in [3.8, 4) is 28.8 Å². The fourth-order valence-corrected chi connectivity index (χ4v) is 5.04. The second-order valence-corrected chi connectivity index (χ2v) is 9.22. The summed E-state index contributed by atoms with van der Waals surface area (Å²) in [5.74, 6) is 0.605. The van der Waals surface area contributed by atoms with Crippen LogP contribution in [-0.2, 0) is 17.8 Å². The van der Waals surface area contributed by atoms with E-state index in [2.05, 4.69) is 17.0 Å². The zero-order valence-corrected chi connectivity index (χ0v) is 20.0. The van der Waals surface area contributed by atoms with E-state index in [0.29, 0.717) is 44.6 Å². The highest BCUT2D eigenvalue weighted by atomic mass is 19.1. The summed E-state index contributed by atoms with van der Waals surface area (Å²) < 4.78 is 23.1. The van der Waals surface area contributed by atoms with E-state index in [9.17, 15) is 4.79 Å². The lowest BCUT2D eigenvalue weighted by molar-refractivity contribution is -0.132. The Kier molecular flexibility index (Phi) is 6.56. The first-order valence-electron chi connectivity index (χ1n) is 12.1. The Bertz CT molecular complexity index is 1280. The number of hydrogen-bond acceptors (Lipinski definition) is 4. The van der Waals surface area contributed by atoms with Crippen LogP contribution < -0.4 is 4.74 Å². The molecule has 2 aliphatic rings. The van der Waals surface area contributed by atoms with Crippen molar-refractivity contribution in [3.05, 3.63) is 71.2 Å². The number of halogens is 1. The van der Waals surface area contributed by atoms with Gasteiger partial charge in [0.05, 0.1) is 17.5 Å². The van der Waals surface area contributed by atoms with Gasteiger partial charge in [-0.3, -0.25) is 9.69 Å². The fraction of sp³-hybridized carbons (Fsp3) is 0.357. The van der Waals surface area contributed by atoms with Crippen molar-refractivity contribution in [2.24, 2.45) is 0 Å². The van der Waals surface area contributed by atoms with Gasteiger partial charge in [0.25, 0.3) is 0 Å². The van der Waals surface area contributed by atoms with E-state index >= 15 is 4.39 Å². The van der Waals surface area contributed by atoms with E-state index in [1.54, 1.807) is 6.07 Å². The number of rotatable bonds is 6. The predicted molar refractivity (Wildman–Crippen MR) is 132 cm³/mol. The third-order valence-corrected chi connectivity index (χ3v) is 6.89. The second kappa shape index (κ2) is 9.93. The Morgan fingerprint density at radius 1 is 1.11 bits per heavy atom. The van der Waals surface area contributed by atoms with Gasteiger partial charge in [-0.1, -0.05) is 18.2 Å². The molecular weight excluding hydrogens is 443 g/mol. The van der Waals surface area contributed by atoms with Crippen LogP contribution in [0.5, 0.6) is 5.75 Å². The molecular formula is C28H29FN4O2. The van der Waals surface area contributed by atoms with E-state index in [0.717, 1.165) is 53.5 Å². The standard InChI is InChI=1S/C28H29FN4O2/c1-20-7-9-25(24(29)17-20)33-22(18-21-19-35-26-6-3-2-5-23(26)28(21)33)8-10-27(34)32-15-13-31(14-16-32)12-4-11-30/h2-3,5-7,9,17-18H,4,8,10,12-16,19H2,1H3. The third-order valence-electron chi connectivity index (χ3n) is 6.89. The molecule has 1 amide bonds. The van der Waals surface area contributed by atoms with Gasteiger partial charge in [0.1, 0.15) is 18.2 Å². The Balaban J connectivity index is 1.41. The Labute approximate surface area is 205 Å².